The zero-order valence-corrected chi connectivity index (χ0v) is 16.3. The lowest BCUT2D eigenvalue weighted by molar-refractivity contribution is 0.00827. The van der Waals surface area contributed by atoms with Crippen LogP contribution >= 0.6 is 0 Å². The summed E-state index contributed by atoms with van der Waals surface area (Å²) in [6.45, 7) is 8.78. The second-order valence-corrected chi connectivity index (χ2v) is 9.87. The second-order valence-electron chi connectivity index (χ2n) is 4.67. The number of aliphatic hydroxyl groups is 2. The Hall–Kier alpha value is 0.154. The van der Waals surface area contributed by atoms with Crippen LogP contribution in [0.5, 0.6) is 0 Å². The summed E-state index contributed by atoms with van der Waals surface area (Å²) < 4.78 is 23.3. The van der Waals surface area contributed by atoms with Gasteiger partial charge < -0.3 is 32.9 Å². The van der Waals surface area contributed by atoms with Crippen molar-refractivity contribution in [1.82, 2.24) is 5.32 Å². The summed E-state index contributed by atoms with van der Waals surface area (Å²) in [5.74, 6) is 0. The van der Waals surface area contributed by atoms with Gasteiger partial charge in [-0.25, -0.2) is 0 Å². The fraction of sp³-hybridized carbons (Fsp3) is 1.00. The Morgan fingerprint density at radius 1 is 0.864 bits per heavy atom. The van der Waals surface area contributed by atoms with E-state index in [1.807, 2.05) is 20.8 Å². The maximum absolute atomic E-state index is 9.26. The average Bonchev–Trinajstić information content (AvgIpc) is 2.48. The lowest BCUT2D eigenvalue weighted by Crippen LogP contribution is -2.53. The Morgan fingerprint density at radius 2 is 1.45 bits per heavy atom. The molecule has 0 radical (unpaired) electrons. The Balaban J connectivity index is 4.53. The van der Waals surface area contributed by atoms with E-state index >= 15 is 0 Å². The van der Waals surface area contributed by atoms with E-state index in [0.29, 0.717) is 32.4 Å². The van der Waals surface area contributed by atoms with E-state index < -0.39 is 18.1 Å². The number of rotatable bonds is 16. The van der Waals surface area contributed by atoms with Crippen molar-refractivity contribution in [3.05, 3.63) is 0 Å². The van der Waals surface area contributed by atoms with Crippen molar-refractivity contribution in [3.8, 4) is 0 Å². The van der Waals surface area contributed by atoms with Gasteiger partial charge in [0.1, 0.15) is 0 Å². The molecule has 0 aromatic heterocycles. The topological polar surface area (TPSA) is 89.4 Å². The highest BCUT2D eigenvalue weighted by molar-refractivity contribution is 6.67. The standard InChI is InChI=1S/C13H33NO6Si2/c1-4-17-22(18-5-2,19-6-3)20-21(13-11-16)12-7-8-14-9-10-15/h14-16,21H,4-13H2,1-3H3. The van der Waals surface area contributed by atoms with Crippen LogP contribution in [-0.2, 0) is 17.4 Å². The number of hydrogen-bond donors (Lipinski definition) is 3. The first-order valence-electron chi connectivity index (χ1n) is 8.20. The molecule has 0 heterocycles. The van der Waals surface area contributed by atoms with Gasteiger partial charge in [-0.1, -0.05) is 0 Å². The highest BCUT2D eigenvalue weighted by Gasteiger charge is 2.46. The summed E-state index contributed by atoms with van der Waals surface area (Å²) >= 11 is 0. The molecule has 22 heavy (non-hydrogen) atoms. The predicted molar refractivity (Wildman–Crippen MR) is 90.1 cm³/mol. The van der Waals surface area contributed by atoms with E-state index in [9.17, 15) is 5.11 Å². The van der Waals surface area contributed by atoms with E-state index in [0.717, 1.165) is 19.0 Å². The molecule has 0 aliphatic rings. The molecular formula is C13H33NO6Si2. The SMILES string of the molecule is CCO[Si](OCC)(OCC)O[SiH](CCO)CCCNCCO. The van der Waals surface area contributed by atoms with Gasteiger partial charge >= 0.3 is 9.05 Å². The summed E-state index contributed by atoms with van der Waals surface area (Å²) in [6.07, 6.45) is 0.936. The minimum atomic E-state index is -3.08. The normalized spacial score (nSPS) is 13.5. The first kappa shape index (κ1) is 22.2. The largest absolute Gasteiger partial charge is 0.668 e. The van der Waals surface area contributed by atoms with Crippen LogP contribution in [0.15, 0.2) is 0 Å². The molecule has 7 nitrogen and oxygen atoms in total. The highest BCUT2D eigenvalue weighted by Crippen LogP contribution is 2.17. The van der Waals surface area contributed by atoms with Gasteiger partial charge in [0.15, 0.2) is 9.04 Å². The van der Waals surface area contributed by atoms with Crippen LogP contribution in [0.4, 0.5) is 0 Å². The quantitative estimate of drug-likeness (QED) is 0.270. The summed E-state index contributed by atoms with van der Waals surface area (Å²) in [5.41, 5.74) is 0. The smallest absolute Gasteiger partial charge is 0.397 e. The lowest BCUT2D eigenvalue weighted by atomic mass is 10.5. The van der Waals surface area contributed by atoms with E-state index in [-0.39, 0.29) is 13.2 Å². The van der Waals surface area contributed by atoms with Crippen LogP contribution in [0, 0.1) is 0 Å². The van der Waals surface area contributed by atoms with Crippen LogP contribution < -0.4 is 5.32 Å². The van der Waals surface area contributed by atoms with Gasteiger partial charge in [-0.2, -0.15) is 0 Å². The Bertz CT molecular complexity index is 234. The monoisotopic (exact) mass is 355 g/mol. The first-order valence-corrected chi connectivity index (χ1v) is 11.9. The molecule has 0 fully saturated rings. The molecule has 0 saturated heterocycles. The molecule has 0 bridgehead atoms. The van der Waals surface area contributed by atoms with Gasteiger partial charge in [-0.3, -0.25) is 0 Å². The molecular weight excluding hydrogens is 322 g/mol. The summed E-state index contributed by atoms with van der Waals surface area (Å²) in [5, 5.41) is 21.1. The van der Waals surface area contributed by atoms with Crippen LogP contribution in [0.2, 0.25) is 12.1 Å². The lowest BCUT2D eigenvalue weighted by Gasteiger charge is -2.30. The molecule has 0 saturated carbocycles. The average molecular weight is 356 g/mol. The van der Waals surface area contributed by atoms with E-state index in [1.54, 1.807) is 0 Å². The molecule has 9 heteroatoms. The molecule has 3 N–H and O–H groups in total. The molecule has 134 valence electrons. The number of aliphatic hydroxyl groups excluding tert-OH is 2. The van der Waals surface area contributed by atoms with Crippen molar-refractivity contribution in [1.29, 1.82) is 0 Å². The minimum Gasteiger partial charge on any atom is -0.397 e. The third kappa shape index (κ3) is 10.0. The Kier molecular flexibility index (Phi) is 14.8. The van der Waals surface area contributed by atoms with Crippen molar-refractivity contribution >= 4 is 18.1 Å². The van der Waals surface area contributed by atoms with Crippen molar-refractivity contribution < 1.29 is 27.6 Å². The van der Waals surface area contributed by atoms with E-state index in [4.69, 9.17) is 22.5 Å². The zero-order chi connectivity index (χ0) is 16.7. The molecule has 1 atom stereocenters. The molecule has 0 aliphatic heterocycles. The van der Waals surface area contributed by atoms with Gasteiger partial charge in [-0.05, 0) is 45.8 Å². The summed E-state index contributed by atoms with van der Waals surface area (Å²) in [4.78, 5) is 0. The summed E-state index contributed by atoms with van der Waals surface area (Å²) in [6, 6.07) is 1.56. The van der Waals surface area contributed by atoms with Crippen LogP contribution in [0.3, 0.4) is 0 Å². The van der Waals surface area contributed by atoms with Crippen LogP contribution in [0.25, 0.3) is 0 Å². The zero-order valence-electron chi connectivity index (χ0n) is 14.2. The fourth-order valence-electron chi connectivity index (χ4n) is 2.03. The molecule has 0 spiro atoms. The fourth-order valence-corrected chi connectivity index (χ4v) is 7.97. The van der Waals surface area contributed by atoms with Crippen molar-refractivity contribution in [2.45, 2.75) is 39.3 Å². The van der Waals surface area contributed by atoms with Gasteiger partial charge in [0.2, 0.25) is 0 Å². The minimum absolute atomic E-state index is 0.107. The summed E-state index contributed by atoms with van der Waals surface area (Å²) in [7, 11) is -4.75. The number of nitrogens with one attached hydrogen (secondary N) is 1. The molecule has 0 amide bonds. The van der Waals surface area contributed by atoms with E-state index in [1.165, 1.54) is 0 Å². The maximum Gasteiger partial charge on any atom is 0.668 e. The Morgan fingerprint density at radius 3 is 1.91 bits per heavy atom. The predicted octanol–water partition coefficient (Wildman–Crippen LogP) is 0.236. The second kappa shape index (κ2) is 14.7. The third-order valence-corrected chi connectivity index (χ3v) is 9.26. The molecule has 0 aromatic rings. The van der Waals surface area contributed by atoms with Gasteiger partial charge in [0.05, 0.1) is 6.61 Å². The first-order chi connectivity index (χ1) is 10.7. The molecule has 0 rings (SSSR count). The Labute approximate surface area is 137 Å². The number of hydrogen-bond acceptors (Lipinski definition) is 7. The maximum atomic E-state index is 9.26. The molecule has 0 aromatic carbocycles. The molecule has 0 aliphatic carbocycles. The van der Waals surface area contributed by atoms with Crippen LogP contribution in [0.1, 0.15) is 27.2 Å². The molecule has 1 unspecified atom stereocenters. The highest BCUT2D eigenvalue weighted by atomic mass is 28.4. The van der Waals surface area contributed by atoms with Gasteiger partial charge in [-0.15, -0.1) is 0 Å². The van der Waals surface area contributed by atoms with E-state index in [2.05, 4.69) is 5.32 Å². The van der Waals surface area contributed by atoms with Gasteiger partial charge in [0.25, 0.3) is 0 Å². The van der Waals surface area contributed by atoms with Crippen molar-refractivity contribution in [2.75, 3.05) is 46.1 Å². The van der Waals surface area contributed by atoms with Gasteiger partial charge in [0, 0.05) is 33.0 Å². The third-order valence-electron chi connectivity index (χ3n) is 2.89. The van der Waals surface area contributed by atoms with Crippen LogP contribution in [-0.4, -0.2) is 74.4 Å². The van der Waals surface area contributed by atoms with Crippen molar-refractivity contribution in [2.24, 2.45) is 0 Å². The van der Waals surface area contributed by atoms with Crippen molar-refractivity contribution in [3.63, 3.8) is 0 Å².